The van der Waals surface area contributed by atoms with Crippen LogP contribution in [-0.4, -0.2) is 13.5 Å². The van der Waals surface area contributed by atoms with Gasteiger partial charge in [-0.2, -0.15) is 0 Å². The van der Waals surface area contributed by atoms with Crippen molar-refractivity contribution in [1.82, 2.24) is 0 Å². The summed E-state index contributed by atoms with van der Waals surface area (Å²) in [5, 5.41) is 9.49. The smallest absolute Gasteiger partial charge is 0.140 e. The maximum atomic E-state index is 9.49. The zero-order valence-corrected chi connectivity index (χ0v) is 9.23. The van der Waals surface area contributed by atoms with Crippen molar-refractivity contribution in [2.75, 3.05) is 0 Å². The minimum absolute atomic E-state index is 0.520. The van der Waals surface area contributed by atoms with Crippen LogP contribution < -0.4 is 0 Å². The van der Waals surface area contributed by atoms with E-state index >= 15 is 0 Å². The molecule has 5 heteroatoms. The molecule has 0 aliphatic carbocycles. The van der Waals surface area contributed by atoms with Crippen molar-refractivity contribution >= 4 is 50.5 Å². The summed E-state index contributed by atoms with van der Waals surface area (Å²) < 4.78 is -1.05. The van der Waals surface area contributed by atoms with E-state index in [0.29, 0.717) is 6.42 Å². The highest BCUT2D eigenvalue weighted by Crippen LogP contribution is 2.42. The highest BCUT2D eigenvalue weighted by atomic mass is 32.2. The Morgan fingerprint density at radius 3 is 1.70 bits per heavy atom. The minimum Gasteiger partial charge on any atom is -0.376 e. The Labute approximate surface area is 83.6 Å². The monoisotopic (exact) mass is 216 g/mol. The maximum absolute atomic E-state index is 9.49. The molecule has 0 saturated carbocycles. The first-order valence-electron chi connectivity index (χ1n) is 2.93. The van der Waals surface area contributed by atoms with Gasteiger partial charge in [0, 0.05) is 0 Å². The van der Waals surface area contributed by atoms with E-state index in [9.17, 15) is 5.11 Å². The van der Waals surface area contributed by atoms with Crippen LogP contribution in [0.3, 0.4) is 0 Å². The standard InChI is InChI=1S/C5H12OS4/c1-2-3-4(6,7)5(8,9)10/h6-10H,2-3H2,1H3. The molecule has 0 heterocycles. The average molecular weight is 216 g/mol. The summed E-state index contributed by atoms with van der Waals surface area (Å²) in [4.78, 5) is -1.23. The molecule has 1 N–H and O–H groups in total. The Bertz CT molecular complexity index is 107. The van der Waals surface area contributed by atoms with E-state index in [1.807, 2.05) is 6.92 Å². The second kappa shape index (κ2) is 3.85. The average Bonchev–Trinajstić information content (AvgIpc) is 1.61. The molecule has 0 aliphatic heterocycles. The van der Waals surface area contributed by atoms with Crippen molar-refractivity contribution in [1.29, 1.82) is 0 Å². The lowest BCUT2D eigenvalue weighted by Gasteiger charge is -2.32. The lowest BCUT2D eigenvalue weighted by molar-refractivity contribution is 0.140. The third kappa shape index (κ3) is 3.17. The topological polar surface area (TPSA) is 20.2 Å². The van der Waals surface area contributed by atoms with Crippen molar-refractivity contribution in [3.05, 3.63) is 0 Å². The predicted molar refractivity (Wildman–Crippen MR) is 58.5 cm³/mol. The zero-order valence-electron chi connectivity index (χ0n) is 5.65. The van der Waals surface area contributed by atoms with Gasteiger partial charge in [0.25, 0.3) is 0 Å². The molecule has 62 valence electrons. The molecule has 0 aromatic rings. The summed E-state index contributed by atoms with van der Waals surface area (Å²) in [7, 11) is 0. The SMILES string of the molecule is CCCC(O)(S)C(S)(S)S. The van der Waals surface area contributed by atoms with E-state index < -0.39 is 8.34 Å². The fourth-order valence-corrected chi connectivity index (χ4v) is 1.08. The fourth-order valence-electron chi connectivity index (χ4n) is 0.516. The van der Waals surface area contributed by atoms with Crippen molar-refractivity contribution in [2.24, 2.45) is 0 Å². The largest absolute Gasteiger partial charge is 0.376 e. The summed E-state index contributed by atoms with van der Waals surface area (Å²) >= 11 is 15.9. The van der Waals surface area contributed by atoms with Gasteiger partial charge in [0.15, 0.2) is 0 Å². The van der Waals surface area contributed by atoms with E-state index in [1.165, 1.54) is 0 Å². The Kier molecular flexibility index (Phi) is 4.37. The number of rotatable bonds is 3. The van der Waals surface area contributed by atoms with Gasteiger partial charge in [-0.15, -0.1) is 50.5 Å². The first kappa shape index (κ1) is 11.4. The lowest BCUT2D eigenvalue weighted by atomic mass is 10.2. The second-order valence-corrected chi connectivity index (χ2v) is 6.01. The molecule has 1 nitrogen and oxygen atoms in total. The van der Waals surface area contributed by atoms with Gasteiger partial charge in [-0.25, -0.2) is 0 Å². The van der Waals surface area contributed by atoms with E-state index in [2.05, 4.69) is 50.5 Å². The summed E-state index contributed by atoms with van der Waals surface area (Å²) in [5.41, 5.74) is 0. The van der Waals surface area contributed by atoms with Crippen molar-refractivity contribution in [3.8, 4) is 0 Å². The van der Waals surface area contributed by atoms with Crippen LogP contribution in [0.5, 0.6) is 0 Å². The van der Waals surface area contributed by atoms with Crippen LogP contribution >= 0.6 is 50.5 Å². The molecule has 0 fully saturated rings. The second-order valence-electron chi connectivity index (χ2n) is 2.20. The highest BCUT2D eigenvalue weighted by Gasteiger charge is 2.38. The van der Waals surface area contributed by atoms with Gasteiger partial charge in [-0.1, -0.05) is 13.3 Å². The minimum atomic E-state index is -1.23. The quantitative estimate of drug-likeness (QED) is 0.360. The molecule has 0 radical (unpaired) electrons. The number of thiol groups is 4. The van der Waals surface area contributed by atoms with Crippen LogP contribution in [0.2, 0.25) is 0 Å². The molecule has 1 unspecified atom stereocenters. The first-order valence-corrected chi connectivity index (χ1v) is 4.72. The van der Waals surface area contributed by atoms with Gasteiger partial charge in [-0.3, -0.25) is 0 Å². The Morgan fingerprint density at radius 2 is 1.60 bits per heavy atom. The van der Waals surface area contributed by atoms with Gasteiger partial charge < -0.3 is 5.11 Å². The number of aliphatic hydroxyl groups is 1. The van der Waals surface area contributed by atoms with Gasteiger partial charge in [-0.05, 0) is 6.42 Å². The van der Waals surface area contributed by atoms with Crippen LogP contribution in [0, 0.1) is 0 Å². The predicted octanol–water partition coefficient (Wildman–Crippen LogP) is 1.85. The van der Waals surface area contributed by atoms with Crippen molar-refractivity contribution in [2.45, 2.75) is 28.1 Å². The number of hydrogen-bond donors (Lipinski definition) is 5. The van der Waals surface area contributed by atoms with Crippen molar-refractivity contribution < 1.29 is 5.11 Å². The molecule has 0 rings (SSSR count). The molecule has 0 saturated heterocycles. The normalized spacial score (nSPS) is 18.6. The Hall–Kier alpha value is 1.36. The molecule has 0 aromatic carbocycles. The van der Waals surface area contributed by atoms with Crippen LogP contribution in [0.25, 0.3) is 0 Å². The third-order valence-electron chi connectivity index (χ3n) is 1.14. The molecular formula is C5H12OS4. The Morgan fingerprint density at radius 1 is 1.20 bits per heavy atom. The molecule has 10 heavy (non-hydrogen) atoms. The lowest BCUT2D eigenvalue weighted by Crippen LogP contribution is -2.37. The number of hydrogen-bond acceptors (Lipinski definition) is 5. The van der Waals surface area contributed by atoms with Crippen molar-refractivity contribution in [3.63, 3.8) is 0 Å². The fraction of sp³-hybridized carbons (Fsp3) is 1.00. The van der Waals surface area contributed by atoms with E-state index in [-0.39, 0.29) is 0 Å². The summed E-state index contributed by atoms with van der Waals surface area (Å²) in [5.74, 6) is 0. The van der Waals surface area contributed by atoms with Gasteiger partial charge in [0.1, 0.15) is 8.34 Å². The van der Waals surface area contributed by atoms with E-state index in [0.717, 1.165) is 6.42 Å². The summed E-state index contributed by atoms with van der Waals surface area (Å²) in [6.45, 7) is 1.95. The molecule has 1 atom stereocenters. The van der Waals surface area contributed by atoms with E-state index in [1.54, 1.807) is 0 Å². The molecule has 0 spiro atoms. The van der Waals surface area contributed by atoms with Crippen LogP contribution in [0.1, 0.15) is 19.8 Å². The maximum Gasteiger partial charge on any atom is 0.140 e. The Balaban J connectivity index is 4.10. The molecular weight excluding hydrogens is 204 g/mol. The first-order chi connectivity index (χ1) is 4.31. The zero-order chi connectivity index (χ0) is 8.41. The van der Waals surface area contributed by atoms with Gasteiger partial charge >= 0.3 is 0 Å². The van der Waals surface area contributed by atoms with E-state index in [4.69, 9.17) is 0 Å². The third-order valence-corrected chi connectivity index (χ3v) is 3.33. The van der Waals surface area contributed by atoms with Gasteiger partial charge in [0.2, 0.25) is 0 Å². The van der Waals surface area contributed by atoms with Crippen LogP contribution in [-0.2, 0) is 0 Å². The molecule has 0 bridgehead atoms. The highest BCUT2D eigenvalue weighted by molar-refractivity contribution is 8.18. The molecule has 0 amide bonds. The molecule has 0 aliphatic rings. The summed E-state index contributed by atoms with van der Waals surface area (Å²) in [6, 6.07) is 0. The van der Waals surface area contributed by atoms with Gasteiger partial charge in [0.05, 0.1) is 0 Å². The summed E-state index contributed by atoms with van der Waals surface area (Å²) in [6.07, 6.45) is 1.34. The van der Waals surface area contributed by atoms with Crippen LogP contribution in [0.15, 0.2) is 0 Å². The molecule has 0 aromatic heterocycles. The van der Waals surface area contributed by atoms with Crippen LogP contribution in [0.4, 0.5) is 0 Å².